The first-order valence-corrected chi connectivity index (χ1v) is 6.54. The first-order valence-electron chi connectivity index (χ1n) is 6.16. The summed E-state index contributed by atoms with van der Waals surface area (Å²) in [5, 5.41) is 3.43. The molecular formula is C16H15ClN2O. The van der Waals surface area contributed by atoms with Gasteiger partial charge in [0.15, 0.2) is 0 Å². The van der Waals surface area contributed by atoms with Crippen molar-refractivity contribution in [3.63, 3.8) is 0 Å². The summed E-state index contributed by atoms with van der Waals surface area (Å²) in [4.78, 5) is 11.9. The van der Waals surface area contributed by atoms with Crippen LogP contribution in [-0.2, 0) is 4.79 Å². The van der Waals surface area contributed by atoms with E-state index < -0.39 is 0 Å². The number of rotatable bonds is 3. The van der Waals surface area contributed by atoms with Crippen molar-refractivity contribution in [1.29, 1.82) is 0 Å². The maximum atomic E-state index is 11.9. The molecule has 102 valence electrons. The Balaban J connectivity index is 2.05. The van der Waals surface area contributed by atoms with Gasteiger partial charge in [-0.1, -0.05) is 29.8 Å². The molecule has 0 fully saturated rings. The highest BCUT2D eigenvalue weighted by Gasteiger charge is 2.04. The van der Waals surface area contributed by atoms with Gasteiger partial charge in [0.25, 0.3) is 0 Å². The van der Waals surface area contributed by atoms with Gasteiger partial charge in [-0.3, -0.25) is 4.79 Å². The van der Waals surface area contributed by atoms with Crippen molar-refractivity contribution in [3.05, 3.63) is 64.7 Å². The minimum absolute atomic E-state index is 0.202. The zero-order valence-electron chi connectivity index (χ0n) is 11.1. The number of anilines is 2. The molecule has 0 heterocycles. The highest BCUT2D eigenvalue weighted by Crippen LogP contribution is 2.22. The monoisotopic (exact) mass is 286 g/mol. The maximum Gasteiger partial charge on any atom is 0.248 e. The Morgan fingerprint density at radius 2 is 1.90 bits per heavy atom. The van der Waals surface area contributed by atoms with Gasteiger partial charge < -0.3 is 11.1 Å². The molecule has 0 unspecified atom stereocenters. The summed E-state index contributed by atoms with van der Waals surface area (Å²) in [7, 11) is 0. The number of benzene rings is 2. The molecule has 0 saturated heterocycles. The van der Waals surface area contributed by atoms with Crippen LogP contribution in [0.5, 0.6) is 0 Å². The SMILES string of the molecule is Cc1c(Cl)cccc1NC(=O)/C=C/c1ccc(N)cc1. The van der Waals surface area contributed by atoms with E-state index in [4.69, 9.17) is 17.3 Å². The average Bonchev–Trinajstić information content (AvgIpc) is 2.43. The van der Waals surface area contributed by atoms with E-state index in [2.05, 4.69) is 5.32 Å². The van der Waals surface area contributed by atoms with Crippen LogP contribution >= 0.6 is 11.6 Å². The summed E-state index contributed by atoms with van der Waals surface area (Å²) in [6.45, 7) is 1.86. The van der Waals surface area contributed by atoms with Crippen molar-refractivity contribution in [3.8, 4) is 0 Å². The predicted molar refractivity (Wildman–Crippen MR) is 84.7 cm³/mol. The lowest BCUT2D eigenvalue weighted by Crippen LogP contribution is -2.08. The summed E-state index contributed by atoms with van der Waals surface area (Å²) >= 11 is 6.00. The number of carbonyl (C=O) groups excluding carboxylic acids is 1. The lowest BCUT2D eigenvalue weighted by molar-refractivity contribution is -0.111. The van der Waals surface area contributed by atoms with Crippen LogP contribution in [0.4, 0.5) is 11.4 Å². The lowest BCUT2D eigenvalue weighted by Gasteiger charge is -2.07. The van der Waals surface area contributed by atoms with E-state index in [1.807, 2.05) is 25.1 Å². The third-order valence-electron chi connectivity index (χ3n) is 2.89. The summed E-state index contributed by atoms with van der Waals surface area (Å²) in [5.41, 5.74) is 8.77. The second kappa shape index (κ2) is 6.26. The summed E-state index contributed by atoms with van der Waals surface area (Å²) in [6, 6.07) is 12.7. The van der Waals surface area contributed by atoms with Crippen molar-refractivity contribution in [2.45, 2.75) is 6.92 Å². The maximum absolute atomic E-state index is 11.9. The van der Waals surface area contributed by atoms with Crippen LogP contribution in [0, 0.1) is 6.92 Å². The molecule has 0 atom stereocenters. The Kier molecular flexibility index (Phi) is 4.43. The Hall–Kier alpha value is -2.26. The van der Waals surface area contributed by atoms with Crippen molar-refractivity contribution in [1.82, 2.24) is 0 Å². The van der Waals surface area contributed by atoms with Gasteiger partial charge in [0.1, 0.15) is 0 Å². The van der Waals surface area contributed by atoms with Gasteiger partial charge in [0.05, 0.1) is 0 Å². The molecule has 0 aliphatic carbocycles. The molecule has 3 N–H and O–H groups in total. The zero-order valence-corrected chi connectivity index (χ0v) is 11.8. The molecule has 1 amide bonds. The molecule has 20 heavy (non-hydrogen) atoms. The van der Waals surface area contributed by atoms with E-state index in [9.17, 15) is 4.79 Å². The topological polar surface area (TPSA) is 55.1 Å². The number of halogens is 1. The average molecular weight is 287 g/mol. The van der Waals surface area contributed by atoms with Crippen molar-refractivity contribution >= 4 is 35.0 Å². The highest BCUT2D eigenvalue weighted by molar-refractivity contribution is 6.31. The molecule has 4 heteroatoms. The molecule has 0 spiro atoms. The van der Waals surface area contributed by atoms with Gasteiger partial charge in [0, 0.05) is 22.5 Å². The second-order valence-electron chi connectivity index (χ2n) is 4.40. The van der Waals surface area contributed by atoms with Gasteiger partial charge in [-0.15, -0.1) is 0 Å². The van der Waals surface area contributed by atoms with Crippen molar-refractivity contribution < 1.29 is 4.79 Å². The summed E-state index contributed by atoms with van der Waals surface area (Å²) in [6.07, 6.45) is 3.21. The Morgan fingerprint density at radius 1 is 1.20 bits per heavy atom. The molecule has 0 aliphatic rings. The minimum Gasteiger partial charge on any atom is -0.399 e. The third-order valence-corrected chi connectivity index (χ3v) is 3.30. The molecule has 0 aliphatic heterocycles. The molecular weight excluding hydrogens is 272 g/mol. The number of hydrogen-bond donors (Lipinski definition) is 2. The quantitative estimate of drug-likeness (QED) is 0.664. The largest absolute Gasteiger partial charge is 0.399 e. The first kappa shape index (κ1) is 14.2. The van der Waals surface area contributed by atoms with Crippen LogP contribution in [0.2, 0.25) is 5.02 Å². The lowest BCUT2D eigenvalue weighted by atomic mass is 10.2. The van der Waals surface area contributed by atoms with Crippen LogP contribution in [0.15, 0.2) is 48.5 Å². The number of nitrogens with one attached hydrogen (secondary N) is 1. The Bertz CT molecular complexity index is 648. The molecule has 0 radical (unpaired) electrons. The van der Waals surface area contributed by atoms with E-state index in [1.54, 1.807) is 30.3 Å². The van der Waals surface area contributed by atoms with Crippen LogP contribution in [0.25, 0.3) is 6.08 Å². The van der Waals surface area contributed by atoms with E-state index in [0.717, 1.165) is 11.1 Å². The molecule has 3 nitrogen and oxygen atoms in total. The normalized spacial score (nSPS) is 10.7. The molecule has 2 aromatic rings. The van der Waals surface area contributed by atoms with Gasteiger partial charge in [-0.25, -0.2) is 0 Å². The van der Waals surface area contributed by atoms with Gasteiger partial charge >= 0.3 is 0 Å². The third kappa shape index (κ3) is 3.62. The molecule has 2 rings (SSSR count). The standard InChI is InChI=1S/C16H15ClN2O/c1-11-14(17)3-2-4-15(11)19-16(20)10-7-12-5-8-13(18)9-6-12/h2-10H,18H2,1H3,(H,19,20)/b10-7+. The second-order valence-corrected chi connectivity index (χ2v) is 4.81. The molecule has 2 aromatic carbocycles. The smallest absolute Gasteiger partial charge is 0.248 e. The van der Waals surface area contributed by atoms with Crippen LogP contribution in [0.1, 0.15) is 11.1 Å². The number of nitrogens with two attached hydrogens (primary N) is 1. The van der Waals surface area contributed by atoms with Gasteiger partial charge in [0.2, 0.25) is 5.91 Å². The first-order chi connectivity index (χ1) is 9.56. The van der Waals surface area contributed by atoms with Crippen LogP contribution in [-0.4, -0.2) is 5.91 Å². The predicted octanol–water partition coefficient (Wildman–Crippen LogP) is 3.88. The molecule has 0 bridgehead atoms. The van der Waals surface area contributed by atoms with Crippen molar-refractivity contribution in [2.75, 3.05) is 11.1 Å². The number of carbonyl (C=O) groups is 1. The Labute approximate surface area is 123 Å². The number of amides is 1. The van der Waals surface area contributed by atoms with E-state index >= 15 is 0 Å². The molecule has 0 saturated carbocycles. The van der Waals surface area contributed by atoms with Gasteiger partial charge in [-0.2, -0.15) is 0 Å². The Morgan fingerprint density at radius 3 is 2.60 bits per heavy atom. The van der Waals surface area contributed by atoms with E-state index in [0.29, 0.717) is 16.4 Å². The van der Waals surface area contributed by atoms with Crippen LogP contribution in [0.3, 0.4) is 0 Å². The van der Waals surface area contributed by atoms with E-state index in [-0.39, 0.29) is 5.91 Å². The fourth-order valence-electron chi connectivity index (χ4n) is 1.70. The zero-order chi connectivity index (χ0) is 14.5. The van der Waals surface area contributed by atoms with Gasteiger partial charge in [-0.05, 0) is 48.4 Å². The fourth-order valence-corrected chi connectivity index (χ4v) is 1.87. The number of nitrogen functional groups attached to an aromatic ring is 1. The number of hydrogen-bond acceptors (Lipinski definition) is 2. The summed E-state index contributed by atoms with van der Waals surface area (Å²) in [5.74, 6) is -0.202. The minimum atomic E-state index is -0.202. The highest BCUT2D eigenvalue weighted by atomic mass is 35.5. The molecule has 0 aromatic heterocycles. The fraction of sp³-hybridized carbons (Fsp3) is 0.0625. The summed E-state index contributed by atoms with van der Waals surface area (Å²) < 4.78 is 0. The van der Waals surface area contributed by atoms with Crippen molar-refractivity contribution in [2.24, 2.45) is 0 Å². The van der Waals surface area contributed by atoms with Crippen LogP contribution < -0.4 is 11.1 Å². The van der Waals surface area contributed by atoms with E-state index in [1.165, 1.54) is 6.08 Å².